The fourth-order valence-electron chi connectivity index (χ4n) is 4.22. The third-order valence-corrected chi connectivity index (χ3v) is 7.80. The predicted molar refractivity (Wildman–Crippen MR) is 137 cm³/mol. The molecule has 0 spiro atoms. The predicted octanol–water partition coefficient (Wildman–Crippen LogP) is 5.61. The number of aromatic nitrogens is 1. The van der Waals surface area contributed by atoms with Gasteiger partial charge in [-0.1, -0.05) is 41.9 Å². The minimum absolute atomic E-state index is 0.317. The number of alkyl halides is 1. The van der Waals surface area contributed by atoms with Crippen molar-refractivity contribution in [2.75, 3.05) is 14.2 Å². The molecule has 0 aliphatic carbocycles. The lowest BCUT2D eigenvalue weighted by molar-refractivity contribution is -0.142. The zero-order valence-corrected chi connectivity index (χ0v) is 21.4. The monoisotopic (exact) mass is 592 g/mol. The highest BCUT2D eigenvalue weighted by Crippen LogP contribution is 2.49. The molecule has 1 aromatic heterocycles. The first-order chi connectivity index (χ1) is 16.3. The molecule has 34 heavy (non-hydrogen) atoms. The SMILES string of the molecule is COc1ccc(-c2ccc(C(=O)N3[C@@H](c4ccccc4Cl)CC[C@]3(I)C(=O)O)cc2)c(OC)n1. The quantitative estimate of drug-likeness (QED) is 0.227. The number of carboxylic acids is 1. The van der Waals surface area contributed by atoms with Crippen LogP contribution in [-0.4, -0.2) is 44.6 Å². The van der Waals surface area contributed by atoms with Crippen LogP contribution in [0.4, 0.5) is 0 Å². The van der Waals surface area contributed by atoms with Crippen LogP contribution in [0.25, 0.3) is 11.1 Å². The van der Waals surface area contributed by atoms with Crippen molar-refractivity contribution in [3.05, 3.63) is 76.8 Å². The van der Waals surface area contributed by atoms with Crippen molar-refractivity contribution < 1.29 is 24.2 Å². The number of ether oxygens (including phenoxy) is 2. The lowest BCUT2D eigenvalue weighted by atomic mass is 10.0. The smallest absolute Gasteiger partial charge is 0.340 e. The molecule has 2 aromatic carbocycles. The highest BCUT2D eigenvalue weighted by atomic mass is 127. The zero-order valence-electron chi connectivity index (χ0n) is 18.5. The van der Waals surface area contributed by atoms with E-state index in [1.54, 1.807) is 36.4 Å². The van der Waals surface area contributed by atoms with Crippen LogP contribution < -0.4 is 9.47 Å². The minimum atomic E-state index is -1.37. The van der Waals surface area contributed by atoms with Gasteiger partial charge in [0.25, 0.3) is 5.91 Å². The van der Waals surface area contributed by atoms with E-state index in [1.807, 2.05) is 46.9 Å². The summed E-state index contributed by atoms with van der Waals surface area (Å²) in [7, 11) is 3.05. The van der Waals surface area contributed by atoms with E-state index in [4.69, 9.17) is 21.1 Å². The second-order valence-corrected chi connectivity index (χ2v) is 10.00. The minimum Gasteiger partial charge on any atom is -0.481 e. The van der Waals surface area contributed by atoms with Crippen LogP contribution >= 0.6 is 34.2 Å². The van der Waals surface area contributed by atoms with Crippen LogP contribution in [0.5, 0.6) is 11.8 Å². The summed E-state index contributed by atoms with van der Waals surface area (Å²) in [5, 5.41) is 10.5. The van der Waals surface area contributed by atoms with E-state index in [0.717, 1.165) is 16.7 Å². The molecule has 176 valence electrons. The van der Waals surface area contributed by atoms with E-state index in [1.165, 1.54) is 19.1 Å². The summed E-state index contributed by atoms with van der Waals surface area (Å²) in [4.78, 5) is 31.6. The second kappa shape index (κ2) is 9.79. The summed E-state index contributed by atoms with van der Waals surface area (Å²) in [6.07, 6.45) is 0.814. The topological polar surface area (TPSA) is 89.0 Å². The lowest BCUT2D eigenvalue weighted by Crippen LogP contribution is -2.49. The Balaban J connectivity index is 1.70. The normalized spacial score (nSPS) is 19.6. The lowest BCUT2D eigenvalue weighted by Gasteiger charge is -2.34. The molecular formula is C25H22ClIN2O5. The van der Waals surface area contributed by atoms with Crippen molar-refractivity contribution >= 4 is 46.1 Å². The first-order valence-electron chi connectivity index (χ1n) is 10.5. The van der Waals surface area contributed by atoms with Crippen molar-refractivity contribution in [3.63, 3.8) is 0 Å². The summed E-state index contributed by atoms with van der Waals surface area (Å²) in [5.74, 6) is -0.597. The molecule has 0 radical (unpaired) electrons. The van der Waals surface area contributed by atoms with Crippen molar-refractivity contribution in [1.82, 2.24) is 9.88 Å². The zero-order chi connectivity index (χ0) is 24.5. The number of hydrogen-bond acceptors (Lipinski definition) is 5. The van der Waals surface area contributed by atoms with Gasteiger partial charge in [-0.2, -0.15) is 4.98 Å². The van der Waals surface area contributed by atoms with Crippen LogP contribution in [0.1, 0.15) is 34.8 Å². The number of aliphatic carboxylic acids is 1. The highest BCUT2D eigenvalue weighted by molar-refractivity contribution is 14.1. The molecule has 7 nitrogen and oxygen atoms in total. The number of halogens is 2. The Morgan fingerprint density at radius 3 is 2.41 bits per heavy atom. The van der Waals surface area contributed by atoms with Gasteiger partial charge in [-0.05, 0) is 70.8 Å². The molecular weight excluding hydrogens is 571 g/mol. The summed E-state index contributed by atoms with van der Waals surface area (Å²) in [5.41, 5.74) is 2.66. The number of pyridine rings is 1. The molecule has 1 amide bonds. The molecule has 0 saturated carbocycles. The van der Waals surface area contributed by atoms with Crippen LogP contribution in [0.2, 0.25) is 5.02 Å². The Kier molecular flexibility index (Phi) is 6.99. The third kappa shape index (κ3) is 4.32. The average Bonchev–Trinajstić information content (AvgIpc) is 3.22. The number of carbonyl (C=O) groups excluding carboxylic acids is 1. The number of benzene rings is 2. The van der Waals surface area contributed by atoms with E-state index >= 15 is 0 Å². The van der Waals surface area contributed by atoms with E-state index in [-0.39, 0.29) is 5.91 Å². The van der Waals surface area contributed by atoms with E-state index < -0.39 is 15.6 Å². The number of carbonyl (C=O) groups is 2. The van der Waals surface area contributed by atoms with Gasteiger partial charge in [0.05, 0.1) is 20.3 Å². The van der Waals surface area contributed by atoms with Crippen molar-refractivity contribution in [1.29, 1.82) is 0 Å². The number of amides is 1. The Labute approximate surface area is 215 Å². The van der Waals surface area contributed by atoms with Crippen LogP contribution in [-0.2, 0) is 4.79 Å². The van der Waals surface area contributed by atoms with Gasteiger partial charge in [-0.25, -0.2) is 4.79 Å². The molecule has 1 N–H and O–H groups in total. The number of hydrogen-bond donors (Lipinski definition) is 1. The molecule has 0 bridgehead atoms. The second-order valence-electron chi connectivity index (χ2n) is 7.80. The number of carboxylic acid groups (broad SMARTS) is 1. The van der Waals surface area contributed by atoms with Crippen LogP contribution in [0.3, 0.4) is 0 Å². The molecule has 4 rings (SSSR count). The van der Waals surface area contributed by atoms with Gasteiger partial charge in [0.2, 0.25) is 11.8 Å². The average molecular weight is 593 g/mol. The van der Waals surface area contributed by atoms with E-state index in [0.29, 0.717) is 35.2 Å². The first kappa shape index (κ1) is 24.3. The molecule has 1 saturated heterocycles. The largest absolute Gasteiger partial charge is 0.481 e. The highest BCUT2D eigenvalue weighted by Gasteiger charge is 2.53. The Hall–Kier alpha value is -2.85. The Bertz CT molecular complexity index is 1240. The first-order valence-corrected chi connectivity index (χ1v) is 12.0. The molecule has 9 heteroatoms. The van der Waals surface area contributed by atoms with Crippen LogP contribution in [0, 0.1) is 0 Å². The Morgan fingerprint density at radius 1 is 1.09 bits per heavy atom. The maximum atomic E-state index is 13.7. The molecule has 0 unspecified atom stereocenters. The number of methoxy groups -OCH3 is 2. The van der Waals surface area contributed by atoms with Gasteiger partial charge in [-0.15, -0.1) is 0 Å². The van der Waals surface area contributed by atoms with Crippen molar-refractivity contribution in [2.45, 2.75) is 22.4 Å². The van der Waals surface area contributed by atoms with Gasteiger partial charge in [-0.3, -0.25) is 4.79 Å². The van der Waals surface area contributed by atoms with E-state index in [2.05, 4.69) is 4.98 Å². The maximum absolute atomic E-state index is 13.7. The molecule has 3 aromatic rings. The standard InChI is InChI=1S/C25H22ClIN2O5/c1-33-21-12-11-17(22(28-21)34-2)15-7-9-16(10-8-15)23(30)29-20(13-14-25(29,27)24(31)32)18-5-3-4-6-19(18)26/h3-12,20H,13-14H2,1-2H3,(H,31,32)/t20-,25-/m1/s1. The molecule has 1 fully saturated rings. The third-order valence-electron chi connectivity index (χ3n) is 5.93. The summed E-state index contributed by atoms with van der Waals surface area (Å²) < 4.78 is 9.16. The maximum Gasteiger partial charge on any atom is 0.340 e. The number of likely N-dealkylation sites (tertiary alicyclic amines) is 1. The number of nitrogens with zero attached hydrogens (tertiary/aromatic N) is 2. The summed E-state index contributed by atoms with van der Waals surface area (Å²) >= 11 is 8.29. The molecule has 1 aliphatic rings. The van der Waals surface area contributed by atoms with Crippen LogP contribution in [0.15, 0.2) is 60.7 Å². The summed E-state index contributed by atoms with van der Waals surface area (Å²) in [6, 6.07) is 17.3. The van der Waals surface area contributed by atoms with Gasteiger partial charge >= 0.3 is 5.97 Å². The van der Waals surface area contributed by atoms with Gasteiger partial charge in [0, 0.05) is 22.2 Å². The van der Waals surface area contributed by atoms with Gasteiger partial charge in [0.1, 0.15) is 0 Å². The summed E-state index contributed by atoms with van der Waals surface area (Å²) in [6.45, 7) is 0. The molecule has 1 aliphatic heterocycles. The Morgan fingerprint density at radius 2 is 1.79 bits per heavy atom. The fourth-order valence-corrected chi connectivity index (χ4v) is 5.35. The number of rotatable bonds is 6. The van der Waals surface area contributed by atoms with Crippen molar-refractivity contribution in [2.24, 2.45) is 0 Å². The van der Waals surface area contributed by atoms with Crippen molar-refractivity contribution in [3.8, 4) is 22.9 Å². The van der Waals surface area contributed by atoms with E-state index in [9.17, 15) is 14.7 Å². The fraction of sp³-hybridized carbons (Fsp3) is 0.240. The van der Waals surface area contributed by atoms with Gasteiger partial charge < -0.3 is 19.5 Å². The molecule has 2 atom stereocenters. The molecule has 2 heterocycles. The van der Waals surface area contributed by atoms with Gasteiger partial charge in [0.15, 0.2) is 3.55 Å².